The zero-order valence-electron chi connectivity index (χ0n) is 18.5. The fourth-order valence-electron chi connectivity index (χ4n) is 4.11. The highest BCUT2D eigenvalue weighted by molar-refractivity contribution is 7.09. The molecule has 1 N–H and O–H groups in total. The van der Waals surface area contributed by atoms with E-state index >= 15 is 0 Å². The molecule has 0 saturated heterocycles. The summed E-state index contributed by atoms with van der Waals surface area (Å²) in [6, 6.07) is 14.0. The minimum absolute atomic E-state index is 0.214. The van der Waals surface area contributed by atoms with Gasteiger partial charge < -0.3 is 14.8 Å². The molecule has 1 atom stereocenters. The van der Waals surface area contributed by atoms with Crippen molar-refractivity contribution in [2.24, 2.45) is 0 Å². The van der Waals surface area contributed by atoms with E-state index in [1.807, 2.05) is 24.5 Å². The fraction of sp³-hybridized carbons (Fsp3) is 0.208. The van der Waals surface area contributed by atoms with Crippen LogP contribution < -0.4 is 5.32 Å². The Morgan fingerprint density at radius 1 is 1.03 bits per heavy atom. The number of nitrogens with one attached hydrogen (secondary N) is 1. The van der Waals surface area contributed by atoms with E-state index in [9.17, 15) is 14.0 Å². The molecule has 2 amide bonds. The molecule has 2 aromatic heterocycles. The van der Waals surface area contributed by atoms with Crippen LogP contribution in [0.25, 0.3) is 10.8 Å². The first-order valence-electron chi connectivity index (χ1n) is 10.8. The summed E-state index contributed by atoms with van der Waals surface area (Å²) in [6.45, 7) is 4.59. The SMILES string of the molecule is Cc1nsc(-c2nc(NC(=O)c3ccccc3)c3n2CCN(C(=O)c2ccc(F)cc2)[C@@H]3C)n1. The summed E-state index contributed by atoms with van der Waals surface area (Å²) >= 11 is 1.24. The van der Waals surface area contributed by atoms with Gasteiger partial charge >= 0.3 is 0 Å². The molecule has 0 aliphatic carbocycles. The third-order valence-electron chi connectivity index (χ3n) is 5.77. The van der Waals surface area contributed by atoms with Crippen LogP contribution in [0.5, 0.6) is 0 Å². The summed E-state index contributed by atoms with van der Waals surface area (Å²) in [7, 11) is 0. The Labute approximate surface area is 199 Å². The second-order valence-electron chi connectivity index (χ2n) is 7.97. The first-order valence-corrected chi connectivity index (χ1v) is 11.5. The maximum absolute atomic E-state index is 13.4. The average Bonchev–Trinajstić information content (AvgIpc) is 3.44. The molecule has 0 spiro atoms. The predicted molar refractivity (Wildman–Crippen MR) is 126 cm³/mol. The van der Waals surface area contributed by atoms with Crippen molar-refractivity contribution in [1.29, 1.82) is 0 Å². The number of benzene rings is 2. The lowest BCUT2D eigenvalue weighted by Crippen LogP contribution is -2.41. The molecule has 0 saturated carbocycles. The van der Waals surface area contributed by atoms with Crippen molar-refractivity contribution in [2.45, 2.75) is 26.4 Å². The van der Waals surface area contributed by atoms with Gasteiger partial charge in [0.05, 0.1) is 11.7 Å². The highest BCUT2D eigenvalue weighted by Gasteiger charge is 2.35. The number of hydrogen-bond acceptors (Lipinski definition) is 6. The zero-order chi connectivity index (χ0) is 23.8. The van der Waals surface area contributed by atoms with Crippen LogP contribution >= 0.6 is 11.5 Å². The van der Waals surface area contributed by atoms with Gasteiger partial charge in [-0.05, 0) is 61.8 Å². The molecule has 4 aromatic rings. The lowest BCUT2D eigenvalue weighted by atomic mass is 10.1. The van der Waals surface area contributed by atoms with Crippen molar-refractivity contribution in [1.82, 2.24) is 23.8 Å². The number of imidazole rings is 1. The van der Waals surface area contributed by atoms with Gasteiger partial charge in [0.2, 0.25) is 0 Å². The summed E-state index contributed by atoms with van der Waals surface area (Å²) in [5.74, 6) is 0.711. The third kappa shape index (κ3) is 3.96. The number of amides is 2. The number of halogens is 1. The van der Waals surface area contributed by atoms with E-state index in [1.54, 1.807) is 29.2 Å². The van der Waals surface area contributed by atoms with Crippen LogP contribution in [0, 0.1) is 12.7 Å². The number of aryl methyl sites for hydroxylation is 1. The van der Waals surface area contributed by atoms with E-state index in [1.165, 1.54) is 35.8 Å². The quantitative estimate of drug-likeness (QED) is 0.474. The number of anilines is 1. The van der Waals surface area contributed by atoms with Crippen LogP contribution in [0.2, 0.25) is 0 Å². The summed E-state index contributed by atoms with van der Waals surface area (Å²) in [6.07, 6.45) is 0. The van der Waals surface area contributed by atoms with Gasteiger partial charge in [0.15, 0.2) is 16.6 Å². The second-order valence-corrected chi connectivity index (χ2v) is 8.72. The van der Waals surface area contributed by atoms with E-state index in [0.717, 1.165) is 0 Å². The Morgan fingerprint density at radius 3 is 2.44 bits per heavy atom. The first-order chi connectivity index (χ1) is 16.4. The van der Waals surface area contributed by atoms with E-state index in [0.29, 0.717) is 52.4 Å². The lowest BCUT2D eigenvalue weighted by Gasteiger charge is -2.35. The molecule has 2 aromatic carbocycles. The Morgan fingerprint density at radius 2 is 1.76 bits per heavy atom. The van der Waals surface area contributed by atoms with Gasteiger partial charge in [0.1, 0.15) is 11.6 Å². The molecule has 34 heavy (non-hydrogen) atoms. The summed E-state index contributed by atoms with van der Waals surface area (Å²) in [4.78, 5) is 37.1. The van der Waals surface area contributed by atoms with E-state index in [-0.39, 0.29) is 11.8 Å². The largest absolute Gasteiger partial charge is 0.328 e. The molecule has 0 bridgehead atoms. The van der Waals surface area contributed by atoms with Crippen molar-refractivity contribution >= 4 is 29.2 Å². The third-order valence-corrected chi connectivity index (χ3v) is 6.58. The Hall–Kier alpha value is -3.92. The molecule has 1 aliphatic heterocycles. The zero-order valence-corrected chi connectivity index (χ0v) is 19.3. The average molecular weight is 477 g/mol. The van der Waals surface area contributed by atoms with Crippen LogP contribution in [0.4, 0.5) is 10.2 Å². The Balaban J connectivity index is 1.54. The molecule has 10 heteroatoms. The highest BCUT2D eigenvalue weighted by Crippen LogP contribution is 2.37. The molecule has 1 aliphatic rings. The lowest BCUT2D eigenvalue weighted by molar-refractivity contribution is 0.0646. The standard InChI is InChI=1S/C24H21FN6O2S/c1-14-19-20(28-22(32)16-6-4-3-5-7-16)27-21(23-26-15(2)29-34-23)31(19)13-12-30(14)24(33)17-8-10-18(25)11-9-17/h3-11,14H,12-13H2,1-2H3,(H,28,32)/t14-/m1/s1. The predicted octanol–water partition coefficient (Wildman–Crippen LogP) is 4.32. The summed E-state index contributed by atoms with van der Waals surface area (Å²) in [5.41, 5.74) is 1.60. The van der Waals surface area contributed by atoms with Crippen molar-refractivity contribution in [2.75, 3.05) is 11.9 Å². The topological polar surface area (TPSA) is 93.0 Å². The van der Waals surface area contributed by atoms with Crippen molar-refractivity contribution in [3.05, 3.63) is 83.1 Å². The number of rotatable bonds is 4. The number of carbonyl (C=O) groups excluding carboxylic acids is 2. The van der Waals surface area contributed by atoms with E-state index < -0.39 is 11.9 Å². The van der Waals surface area contributed by atoms with Gasteiger partial charge in [-0.25, -0.2) is 14.4 Å². The summed E-state index contributed by atoms with van der Waals surface area (Å²) in [5, 5.41) is 3.56. The normalized spacial score (nSPS) is 15.1. The Kier molecular flexibility index (Phi) is 5.66. The number of hydrogen-bond donors (Lipinski definition) is 1. The fourth-order valence-corrected chi connectivity index (χ4v) is 4.78. The number of nitrogens with zero attached hydrogens (tertiary/aromatic N) is 5. The molecule has 8 nitrogen and oxygen atoms in total. The molecular formula is C24H21FN6O2S. The van der Waals surface area contributed by atoms with Crippen LogP contribution in [-0.4, -0.2) is 42.2 Å². The van der Waals surface area contributed by atoms with Crippen LogP contribution in [-0.2, 0) is 6.54 Å². The van der Waals surface area contributed by atoms with Crippen molar-refractivity contribution in [3.63, 3.8) is 0 Å². The van der Waals surface area contributed by atoms with E-state index in [4.69, 9.17) is 4.98 Å². The molecule has 0 unspecified atom stereocenters. The van der Waals surface area contributed by atoms with Gasteiger partial charge in [-0.15, -0.1) is 0 Å². The molecule has 0 radical (unpaired) electrons. The second kappa shape index (κ2) is 8.79. The van der Waals surface area contributed by atoms with E-state index in [2.05, 4.69) is 14.7 Å². The number of carbonyl (C=O) groups is 2. The van der Waals surface area contributed by atoms with Gasteiger partial charge in [-0.2, -0.15) is 4.37 Å². The minimum atomic E-state index is -0.399. The molecule has 5 rings (SSSR count). The summed E-state index contributed by atoms with van der Waals surface area (Å²) < 4.78 is 19.6. The molecule has 172 valence electrons. The van der Waals surface area contributed by atoms with Crippen LogP contribution in [0.1, 0.15) is 45.2 Å². The van der Waals surface area contributed by atoms with Crippen molar-refractivity contribution < 1.29 is 14.0 Å². The minimum Gasteiger partial charge on any atom is -0.328 e. The van der Waals surface area contributed by atoms with Gasteiger partial charge in [0, 0.05) is 24.2 Å². The van der Waals surface area contributed by atoms with Crippen LogP contribution in [0.15, 0.2) is 54.6 Å². The Bertz CT molecular complexity index is 1370. The van der Waals surface area contributed by atoms with Gasteiger partial charge in [0.25, 0.3) is 11.8 Å². The molecule has 3 heterocycles. The highest BCUT2D eigenvalue weighted by atomic mass is 32.1. The van der Waals surface area contributed by atoms with Crippen LogP contribution in [0.3, 0.4) is 0 Å². The van der Waals surface area contributed by atoms with Crippen molar-refractivity contribution in [3.8, 4) is 10.8 Å². The maximum atomic E-state index is 13.4. The molecular weight excluding hydrogens is 455 g/mol. The number of aromatic nitrogens is 4. The monoisotopic (exact) mass is 476 g/mol. The molecule has 0 fully saturated rings. The first kappa shape index (κ1) is 21.9. The number of fused-ring (bicyclic) bond motifs is 1. The smallest absolute Gasteiger partial charge is 0.256 e. The maximum Gasteiger partial charge on any atom is 0.256 e. The van der Waals surface area contributed by atoms with Gasteiger partial charge in [-0.1, -0.05) is 18.2 Å². The van der Waals surface area contributed by atoms with Gasteiger partial charge in [-0.3, -0.25) is 9.59 Å².